The van der Waals surface area contributed by atoms with Gasteiger partial charge in [-0.2, -0.15) is 0 Å². The van der Waals surface area contributed by atoms with Gasteiger partial charge in [-0.3, -0.25) is 4.79 Å². The second kappa shape index (κ2) is 8.60. The number of hydrogen-bond acceptors (Lipinski definition) is 2. The molecule has 0 saturated heterocycles. The van der Waals surface area contributed by atoms with Gasteiger partial charge in [-0.25, -0.2) is 4.79 Å². The molecule has 1 atom stereocenters. The molecule has 0 aromatic rings. The third-order valence-corrected chi connectivity index (χ3v) is 1.96. The van der Waals surface area contributed by atoms with Gasteiger partial charge in [0.2, 0.25) is 0 Å². The lowest BCUT2D eigenvalue weighted by Crippen LogP contribution is -2.41. The lowest BCUT2D eigenvalue weighted by atomic mass is 10.1. The Kier molecular flexibility index (Phi) is 7.68. The second-order valence-electron chi connectivity index (χ2n) is 3.54. The van der Waals surface area contributed by atoms with Crippen LogP contribution in [0.15, 0.2) is 0 Å². The smallest absolute Gasteiger partial charge is 0.315 e. The van der Waals surface area contributed by atoms with Gasteiger partial charge in [0.15, 0.2) is 0 Å². The molecular weight excluding hydrogens is 208 g/mol. The van der Waals surface area contributed by atoms with E-state index in [1.54, 1.807) is 0 Å². The maximum atomic E-state index is 11.2. The molecular formula is C11H18N2O3. The maximum absolute atomic E-state index is 11.2. The van der Waals surface area contributed by atoms with Crippen molar-refractivity contribution in [2.24, 2.45) is 0 Å². The molecule has 90 valence electrons. The normalized spacial score (nSPS) is 11.2. The van der Waals surface area contributed by atoms with E-state index in [4.69, 9.17) is 11.5 Å². The molecule has 5 nitrogen and oxygen atoms in total. The first-order chi connectivity index (χ1) is 7.56. The topological polar surface area (TPSA) is 78.4 Å². The highest BCUT2D eigenvalue weighted by Crippen LogP contribution is 2.00. The summed E-state index contributed by atoms with van der Waals surface area (Å²) in [5.41, 5.74) is 0. The van der Waals surface area contributed by atoms with E-state index in [2.05, 4.69) is 16.6 Å². The molecule has 0 spiro atoms. The van der Waals surface area contributed by atoms with Gasteiger partial charge in [0.25, 0.3) is 0 Å². The van der Waals surface area contributed by atoms with E-state index in [0.29, 0.717) is 25.8 Å². The number of carboxylic acid groups (broad SMARTS) is 1. The third-order valence-electron chi connectivity index (χ3n) is 1.96. The van der Waals surface area contributed by atoms with Crippen LogP contribution >= 0.6 is 0 Å². The Morgan fingerprint density at radius 2 is 2.19 bits per heavy atom. The standard InChI is InChI=1S/C11H18N2O3/c1-3-4-8-12-11(16)13-9(2)6-5-7-10(14)15/h1,9H,4-8H2,2H3,(H,14,15)(H2,12,13,16). The Hall–Kier alpha value is -1.70. The number of amides is 2. The number of carbonyl (C=O) groups excluding carboxylic acids is 1. The minimum Gasteiger partial charge on any atom is -0.481 e. The molecule has 0 radical (unpaired) electrons. The highest BCUT2D eigenvalue weighted by atomic mass is 16.4. The van der Waals surface area contributed by atoms with E-state index >= 15 is 0 Å². The van der Waals surface area contributed by atoms with E-state index in [1.165, 1.54) is 0 Å². The lowest BCUT2D eigenvalue weighted by Gasteiger charge is -2.13. The van der Waals surface area contributed by atoms with E-state index < -0.39 is 5.97 Å². The largest absolute Gasteiger partial charge is 0.481 e. The Morgan fingerprint density at radius 3 is 2.75 bits per heavy atom. The van der Waals surface area contributed by atoms with Crippen LogP contribution in [0, 0.1) is 12.3 Å². The first-order valence-electron chi connectivity index (χ1n) is 5.26. The van der Waals surface area contributed by atoms with Crippen LogP contribution in [0.25, 0.3) is 0 Å². The molecule has 0 aliphatic heterocycles. The Bertz CT molecular complexity index is 271. The number of carboxylic acids is 1. The molecule has 0 rings (SSSR count). The average molecular weight is 226 g/mol. The highest BCUT2D eigenvalue weighted by Gasteiger charge is 2.07. The predicted octanol–water partition coefficient (Wildman–Crippen LogP) is 0.952. The summed E-state index contributed by atoms with van der Waals surface area (Å²) in [4.78, 5) is 21.5. The van der Waals surface area contributed by atoms with Gasteiger partial charge in [-0.15, -0.1) is 12.3 Å². The summed E-state index contributed by atoms with van der Waals surface area (Å²) in [6.07, 6.45) is 6.87. The molecule has 0 bridgehead atoms. The summed E-state index contributed by atoms with van der Waals surface area (Å²) >= 11 is 0. The highest BCUT2D eigenvalue weighted by molar-refractivity contribution is 5.74. The fraction of sp³-hybridized carbons (Fsp3) is 0.636. The van der Waals surface area contributed by atoms with E-state index in [-0.39, 0.29) is 18.5 Å². The van der Waals surface area contributed by atoms with Crippen molar-refractivity contribution in [3.63, 3.8) is 0 Å². The third kappa shape index (κ3) is 8.88. The SMILES string of the molecule is C#CCCNC(=O)NC(C)CCCC(=O)O. The monoisotopic (exact) mass is 226 g/mol. The quantitative estimate of drug-likeness (QED) is 0.447. The van der Waals surface area contributed by atoms with Gasteiger partial charge in [0.1, 0.15) is 0 Å². The maximum Gasteiger partial charge on any atom is 0.315 e. The van der Waals surface area contributed by atoms with Crippen LogP contribution in [0.5, 0.6) is 0 Å². The summed E-state index contributed by atoms with van der Waals surface area (Å²) in [5.74, 6) is 1.60. The van der Waals surface area contributed by atoms with Crippen molar-refractivity contribution in [1.82, 2.24) is 10.6 Å². The fourth-order valence-corrected chi connectivity index (χ4v) is 1.15. The number of aliphatic carboxylic acids is 1. The van der Waals surface area contributed by atoms with Crippen molar-refractivity contribution < 1.29 is 14.7 Å². The molecule has 16 heavy (non-hydrogen) atoms. The van der Waals surface area contributed by atoms with Crippen LogP contribution in [0.2, 0.25) is 0 Å². The van der Waals surface area contributed by atoms with Crippen LogP contribution in [0.1, 0.15) is 32.6 Å². The lowest BCUT2D eigenvalue weighted by molar-refractivity contribution is -0.137. The number of nitrogens with one attached hydrogen (secondary N) is 2. The number of terminal acetylenes is 1. The Labute approximate surface area is 95.6 Å². The summed E-state index contributed by atoms with van der Waals surface area (Å²) in [7, 11) is 0. The summed E-state index contributed by atoms with van der Waals surface area (Å²) in [6, 6.07) is -0.303. The number of rotatable bonds is 7. The molecule has 0 saturated carbocycles. The van der Waals surface area contributed by atoms with Crippen LogP contribution in [-0.4, -0.2) is 29.7 Å². The zero-order valence-electron chi connectivity index (χ0n) is 9.45. The van der Waals surface area contributed by atoms with Gasteiger partial charge in [0, 0.05) is 25.4 Å². The predicted molar refractivity (Wildman–Crippen MR) is 60.9 cm³/mol. The average Bonchev–Trinajstić information content (AvgIpc) is 2.17. The zero-order chi connectivity index (χ0) is 12.4. The minimum absolute atomic E-state index is 0.0369. The summed E-state index contributed by atoms with van der Waals surface area (Å²) < 4.78 is 0. The van der Waals surface area contributed by atoms with Crippen molar-refractivity contribution in [1.29, 1.82) is 0 Å². The molecule has 0 heterocycles. The Balaban J connectivity index is 3.54. The van der Waals surface area contributed by atoms with Crippen molar-refractivity contribution >= 4 is 12.0 Å². The first-order valence-corrected chi connectivity index (χ1v) is 5.26. The summed E-state index contributed by atoms with van der Waals surface area (Å²) in [5, 5.41) is 13.7. The van der Waals surface area contributed by atoms with Crippen LogP contribution < -0.4 is 10.6 Å². The zero-order valence-corrected chi connectivity index (χ0v) is 9.45. The van der Waals surface area contributed by atoms with Crippen LogP contribution in [0.3, 0.4) is 0 Å². The van der Waals surface area contributed by atoms with Gasteiger partial charge in [-0.1, -0.05) is 0 Å². The van der Waals surface area contributed by atoms with E-state index in [0.717, 1.165) is 0 Å². The number of urea groups is 1. The molecule has 0 aromatic heterocycles. The van der Waals surface area contributed by atoms with Crippen molar-refractivity contribution in [2.45, 2.75) is 38.6 Å². The van der Waals surface area contributed by atoms with Crippen LogP contribution in [-0.2, 0) is 4.79 Å². The van der Waals surface area contributed by atoms with E-state index in [9.17, 15) is 9.59 Å². The van der Waals surface area contributed by atoms with Gasteiger partial charge in [0.05, 0.1) is 0 Å². The molecule has 1 unspecified atom stereocenters. The molecule has 0 aromatic carbocycles. The molecule has 2 amide bonds. The van der Waals surface area contributed by atoms with E-state index in [1.807, 2.05) is 6.92 Å². The molecule has 0 fully saturated rings. The number of carbonyl (C=O) groups is 2. The van der Waals surface area contributed by atoms with Crippen molar-refractivity contribution in [3.8, 4) is 12.3 Å². The molecule has 5 heteroatoms. The van der Waals surface area contributed by atoms with Gasteiger partial charge < -0.3 is 15.7 Å². The van der Waals surface area contributed by atoms with Crippen LogP contribution in [0.4, 0.5) is 4.79 Å². The van der Waals surface area contributed by atoms with Crippen molar-refractivity contribution in [2.75, 3.05) is 6.54 Å². The molecule has 0 aliphatic rings. The molecule has 0 aliphatic carbocycles. The minimum atomic E-state index is -0.814. The fourth-order valence-electron chi connectivity index (χ4n) is 1.15. The van der Waals surface area contributed by atoms with Crippen molar-refractivity contribution in [3.05, 3.63) is 0 Å². The summed E-state index contributed by atoms with van der Waals surface area (Å²) in [6.45, 7) is 2.28. The second-order valence-corrected chi connectivity index (χ2v) is 3.54. The molecule has 3 N–H and O–H groups in total. The van der Waals surface area contributed by atoms with Gasteiger partial charge in [-0.05, 0) is 19.8 Å². The van der Waals surface area contributed by atoms with Gasteiger partial charge >= 0.3 is 12.0 Å². The number of hydrogen-bond donors (Lipinski definition) is 3. The Morgan fingerprint density at radius 1 is 1.50 bits per heavy atom. The first kappa shape index (κ1) is 14.3.